The summed E-state index contributed by atoms with van der Waals surface area (Å²) >= 11 is 0. The van der Waals surface area contributed by atoms with Crippen molar-refractivity contribution in [3.8, 4) is 0 Å². The van der Waals surface area contributed by atoms with E-state index in [4.69, 9.17) is 6.57 Å². The molecular formula is C23H20F4N6. The summed E-state index contributed by atoms with van der Waals surface area (Å²) in [5.74, 6) is -0.618. The van der Waals surface area contributed by atoms with Crippen molar-refractivity contribution in [1.82, 2.24) is 20.5 Å². The average Bonchev–Trinajstić information content (AvgIpc) is 3.03. The molecule has 2 aliphatic rings. The zero-order valence-electron chi connectivity index (χ0n) is 17.5. The van der Waals surface area contributed by atoms with E-state index in [1.807, 2.05) is 0 Å². The molecule has 2 aromatic heterocycles. The van der Waals surface area contributed by atoms with Crippen molar-refractivity contribution in [2.24, 2.45) is 0 Å². The smallest absolute Gasteiger partial charge is 0.380 e. The van der Waals surface area contributed by atoms with Crippen LogP contribution in [0.15, 0.2) is 30.0 Å². The number of hydrogen-bond donors (Lipinski definition) is 3. The van der Waals surface area contributed by atoms with Gasteiger partial charge in [0.2, 0.25) is 11.6 Å². The number of H-pyrrole nitrogens is 1. The second-order valence-corrected chi connectivity index (χ2v) is 8.35. The van der Waals surface area contributed by atoms with Gasteiger partial charge in [0.1, 0.15) is 0 Å². The van der Waals surface area contributed by atoms with Crippen LogP contribution in [0.4, 0.5) is 28.9 Å². The Hall–Kier alpha value is -3.45. The molecular weight excluding hydrogens is 436 g/mol. The Morgan fingerprint density at radius 1 is 1.21 bits per heavy atom. The average molecular weight is 456 g/mol. The molecule has 170 valence electrons. The highest BCUT2D eigenvalue weighted by Crippen LogP contribution is 2.44. The van der Waals surface area contributed by atoms with E-state index in [0.29, 0.717) is 35.2 Å². The number of allylic oxidation sites excluding steroid dienone is 1. The van der Waals surface area contributed by atoms with Gasteiger partial charge in [0.05, 0.1) is 35.6 Å². The van der Waals surface area contributed by atoms with E-state index in [2.05, 4.69) is 30.7 Å². The fourth-order valence-corrected chi connectivity index (χ4v) is 4.58. The SMILES string of the molecule is [C-]#[N+]c1cc(NC2CNC2)cnc1C1=C(CC(F)(F)F)CCCc2c1ccc1n[nH]c(F)c21. The summed E-state index contributed by atoms with van der Waals surface area (Å²) in [6, 6.07) is 5.08. The van der Waals surface area contributed by atoms with Gasteiger partial charge in [0, 0.05) is 25.0 Å². The lowest BCUT2D eigenvalue weighted by atomic mass is 9.90. The lowest BCUT2D eigenvalue weighted by Gasteiger charge is -2.29. The molecule has 0 amide bonds. The van der Waals surface area contributed by atoms with Gasteiger partial charge in [-0.05, 0) is 48.1 Å². The Labute approximate surface area is 186 Å². The highest BCUT2D eigenvalue weighted by Gasteiger charge is 2.33. The maximum Gasteiger partial charge on any atom is 0.392 e. The zero-order valence-corrected chi connectivity index (χ0v) is 17.5. The number of halogens is 4. The molecule has 0 spiro atoms. The van der Waals surface area contributed by atoms with Crippen LogP contribution in [0.1, 0.15) is 36.1 Å². The normalized spacial score (nSPS) is 16.8. The predicted molar refractivity (Wildman–Crippen MR) is 116 cm³/mol. The quantitative estimate of drug-likeness (QED) is 0.377. The van der Waals surface area contributed by atoms with Crippen LogP contribution in [-0.4, -0.2) is 40.5 Å². The van der Waals surface area contributed by atoms with Crippen molar-refractivity contribution in [3.05, 3.63) is 64.2 Å². The summed E-state index contributed by atoms with van der Waals surface area (Å²) in [5.41, 5.74) is 2.88. The number of fused-ring (bicyclic) bond motifs is 3. The fourth-order valence-electron chi connectivity index (χ4n) is 4.58. The van der Waals surface area contributed by atoms with Crippen LogP contribution in [0.2, 0.25) is 0 Å². The number of nitrogens with one attached hydrogen (secondary N) is 3. The lowest BCUT2D eigenvalue weighted by Crippen LogP contribution is -2.51. The van der Waals surface area contributed by atoms with Crippen molar-refractivity contribution in [2.75, 3.05) is 18.4 Å². The first-order valence-corrected chi connectivity index (χ1v) is 10.6. The van der Waals surface area contributed by atoms with Crippen molar-refractivity contribution >= 4 is 27.9 Å². The monoisotopic (exact) mass is 456 g/mol. The lowest BCUT2D eigenvalue weighted by molar-refractivity contribution is -0.127. The van der Waals surface area contributed by atoms with Crippen molar-refractivity contribution in [2.45, 2.75) is 37.9 Å². The summed E-state index contributed by atoms with van der Waals surface area (Å²) in [7, 11) is 0. The van der Waals surface area contributed by atoms with Gasteiger partial charge in [0.15, 0.2) is 0 Å². The summed E-state index contributed by atoms with van der Waals surface area (Å²) in [4.78, 5) is 8.04. The molecule has 1 aliphatic heterocycles. The van der Waals surface area contributed by atoms with Crippen LogP contribution in [0.3, 0.4) is 0 Å². The van der Waals surface area contributed by atoms with Crippen molar-refractivity contribution < 1.29 is 17.6 Å². The van der Waals surface area contributed by atoms with Crippen LogP contribution < -0.4 is 10.6 Å². The van der Waals surface area contributed by atoms with Crippen molar-refractivity contribution in [1.29, 1.82) is 0 Å². The number of aromatic nitrogens is 3. The standard InChI is InChI=1S/C23H20F4N6/c1-28-18-7-13(31-14-9-29-10-14)11-30-21(18)19-12(8-23(25,26)27)3-2-4-15-16(19)5-6-17-20(15)22(24)33-32-17/h5-7,11,14,29,31H,2-4,8-10H2,(H,32,33). The van der Waals surface area contributed by atoms with E-state index >= 15 is 0 Å². The Morgan fingerprint density at radius 2 is 2.03 bits per heavy atom. The van der Waals surface area contributed by atoms with E-state index in [-0.39, 0.29) is 40.4 Å². The fraction of sp³-hybridized carbons (Fsp3) is 0.348. The number of rotatable bonds is 4. The molecule has 3 heterocycles. The molecule has 3 N–H and O–H groups in total. The molecule has 10 heteroatoms. The van der Waals surface area contributed by atoms with Gasteiger partial charge >= 0.3 is 6.18 Å². The van der Waals surface area contributed by atoms with Gasteiger partial charge in [-0.25, -0.2) is 4.85 Å². The highest BCUT2D eigenvalue weighted by atomic mass is 19.4. The minimum Gasteiger partial charge on any atom is -0.380 e. The number of aromatic amines is 1. The summed E-state index contributed by atoms with van der Waals surface area (Å²) in [6.07, 6.45) is -2.99. The van der Waals surface area contributed by atoms with Crippen LogP contribution in [0.25, 0.3) is 21.3 Å². The predicted octanol–water partition coefficient (Wildman–Crippen LogP) is 5.12. The second kappa shape index (κ2) is 8.15. The molecule has 1 saturated heterocycles. The number of anilines is 1. The van der Waals surface area contributed by atoms with E-state index < -0.39 is 18.5 Å². The third kappa shape index (κ3) is 4.04. The minimum absolute atomic E-state index is 0.155. The molecule has 1 fully saturated rings. The number of aryl methyl sites for hydroxylation is 1. The third-order valence-corrected chi connectivity index (χ3v) is 6.10. The van der Waals surface area contributed by atoms with Gasteiger partial charge < -0.3 is 10.6 Å². The summed E-state index contributed by atoms with van der Waals surface area (Å²) < 4.78 is 55.1. The molecule has 0 radical (unpaired) electrons. The molecule has 0 atom stereocenters. The van der Waals surface area contributed by atoms with E-state index in [9.17, 15) is 17.6 Å². The van der Waals surface area contributed by atoms with Gasteiger partial charge in [-0.1, -0.05) is 11.6 Å². The Kier molecular flexibility index (Phi) is 5.29. The molecule has 0 unspecified atom stereocenters. The van der Waals surface area contributed by atoms with E-state index in [0.717, 1.165) is 13.1 Å². The number of pyridine rings is 1. The zero-order chi connectivity index (χ0) is 23.2. The molecule has 1 aromatic carbocycles. The summed E-state index contributed by atoms with van der Waals surface area (Å²) in [5, 5.41) is 12.9. The number of alkyl halides is 3. The topological polar surface area (TPSA) is 70.0 Å². The van der Waals surface area contributed by atoms with Crippen LogP contribution in [0.5, 0.6) is 0 Å². The van der Waals surface area contributed by atoms with Crippen LogP contribution >= 0.6 is 0 Å². The first kappa shape index (κ1) is 21.4. The van der Waals surface area contributed by atoms with Gasteiger partial charge in [-0.3, -0.25) is 10.1 Å². The van der Waals surface area contributed by atoms with Gasteiger partial charge in [-0.2, -0.15) is 22.7 Å². The van der Waals surface area contributed by atoms with Gasteiger partial charge in [-0.15, -0.1) is 0 Å². The maximum atomic E-state index is 14.5. The first-order chi connectivity index (χ1) is 15.8. The molecule has 6 nitrogen and oxygen atoms in total. The third-order valence-electron chi connectivity index (χ3n) is 6.10. The summed E-state index contributed by atoms with van der Waals surface area (Å²) in [6.45, 7) is 9.27. The molecule has 5 rings (SSSR count). The van der Waals surface area contributed by atoms with Crippen LogP contribution in [-0.2, 0) is 6.42 Å². The number of nitrogens with zero attached hydrogens (tertiary/aromatic N) is 3. The van der Waals surface area contributed by atoms with E-state index in [1.54, 1.807) is 24.4 Å². The molecule has 0 saturated carbocycles. The first-order valence-electron chi connectivity index (χ1n) is 10.6. The molecule has 33 heavy (non-hydrogen) atoms. The largest absolute Gasteiger partial charge is 0.392 e. The van der Waals surface area contributed by atoms with E-state index in [1.165, 1.54) is 0 Å². The highest BCUT2D eigenvalue weighted by molar-refractivity contribution is 5.95. The number of benzene rings is 1. The van der Waals surface area contributed by atoms with Gasteiger partial charge in [0.25, 0.3) is 0 Å². The van der Waals surface area contributed by atoms with Crippen molar-refractivity contribution in [3.63, 3.8) is 0 Å². The Balaban J connectivity index is 1.71. The molecule has 3 aromatic rings. The molecule has 1 aliphatic carbocycles. The molecule has 0 bridgehead atoms. The Morgan fingerprint density at radius 3 is 2.73 bits per heavy atom. The minimum atomic E-state index is -4.42. The second-order valence-electron chi connectivity index (χ2n) is 8.35. The maximum absolute atomic E-state index is 14.5. The van der Waals surface area contributed by atoms with Crippen LogP contribution in [0, 0.1) is 12.5 Å². The number of hydrogen-bond acceptors (Lipinski definition) is 4. The Bertz CT molecular complexity index is 1300.